The highest BCUT2D eigenvalue weighted by molar-refractivity contribution is 8.00. The van der Waals surface area contributed by atoms with Crippen LogP contribution in [0.5, 0.6) is 0 Å². The molecule has 1 aliphatic rings. The molecule has 0 spiro atoms. The quantitative estimate of drug-likeness (QED) is 0.495. The minimum absolute atomic E-state index is 0.196. The van der Waals surface area contributed by atoms with Crippen LogP contribution in [0.2, 0.25) is 0 Å². The second-order valence-corrected chi connectivity index (χ2v) is 12.1. The summed E-state index contributed by atoms with van der Waals surface area (Å²) in [6, 6.07) is 6.90. The van der Waals surface area contributed by atoms with Crippen LogP contribution in [0.4, 0.5) is 4.79 Å². The number of thioether (sulfide) groups is 1. The van der Waals surface area contributed by atoms with Crippen LogP contribution in [0, 0.1) is 6.92 Å². The van der Waals surface area contributed by atoms with Crippen LogP contribution in [0.25, 0.3) is 10.4 Å². The molecule has 0 unspecified atom stereocenters. The molecular weight excluding hydrogens is 412 g/mol. The maximum atomic E-state index is 12.0. The average molecular weight is 447 g/mol. The molecule has 1 fully saturated rings. The molecular formula is C24H34N2O2S2. The molecule has 1 aliphatic carbocycles. The van der Waals surface area contributed by atoms with Crippen molar-refractivity contribution >= 4 is 29.2 Å². The van der Waals surface area contributed by atoms with Crippen molar-refractivity contribution in [2.75, 3.05) is 0 Å². The zero-order valence-electron chi connectivity index (χ0n) is 19.0. The van der Waals surface area contributed by atoms with Gasteiger partial charge >= 0.3 is 6.09 Å². The first-order valence-corrected chi connectivity index (χ1v) is 12.5. The van der Waals surface area contributed by atoms with Gasteiger partial charge in [-0.05, 0) is 65.0 Å². The van der Waals surface area contributed by atoms with Gasteiger partial charge < -0.3 is 10.1 Å². The third-order valence-corrected chi connectivity index (χ3v) is 7.34. The molecule has 4 nitrogen and oxygen atoms in total. The highest BCUT2D eigenvalue weighted by Crippen LogP contribution is 2.41. The monoisotopic (exact) mass is 446 g/mol. The molecule has 0 aliphatic heterocycles. The minimum atomic E-state index is -0.457. The summed E-state index contributed by atoms with van der Waals surface area (Å²) < 4.78 is 5.39. The van der Waals surface area contributed by atoms with E-state index in [-0.39, 0.29) is 12.1 Å². The van der Waals surface area contributed by atoms with Gasteiger partial charge in [-0.1, -0.05) is 26.0 Å². The molecule has 1 aromatic heterocycles. The van der Waals surface area contributed by atoms with Crippen molar-refractivity contribution in [3.05, 3.63) is 35.0 Å². The van der Waals surface area contributed by atoms with Crippen LogP contribution in [-0.2, 0) is 4.74 Å². The Labute approximate surface area is 189 Å². The number of benzene rings is 1. The van der Waals surface area contributed by atoms with E-state index in [0.29, 0.717) is 11.2 Å². The van der Waals surface area contributed by atoms with Crippen LogP contribution in [0.15, 0.2) is 29.3 Å². The van der Waals surface area contributed by atoms with Crippen LogP contribution < -0.4 is 5.32 Å². The minimum Gasteiger partial charge on any atom is -0.444 e. The Morgan fingerprint density at radius 2 is 1.93 bits per heavy atom. The first kappa shape index (κ1) is 23.1. The highest BCUT2D eigenvalue weighted by atomic mass is 32.2. The molecule has 1 N–H and O–H groups in total. The standard InChI is InChI=1S/C24H34N2O2S2/c1-15(2)29-20-13-16(3)7-12-19(20)21-14-25-22(30-21)17-8-10-18(11-9-17)26-23(27)28-24(4,5)6/h7,12-15,17-18H,8-11H2,1-6H3,(H,26,27)/t17-,18-. The van der Waals surface area contributed by atoms with E-state index in [1.165, 1.54) is 25.9 Å². The Morgan fingerprint density at radius 1 is 1.23 bits per heavy atom. The summed E-state index contributed by atoms with van der Waals surface area (Å²) in [5, 5.41) is 4.80. The molecule has 0 bridgehead atoms. The predicted molar refractivity (Wildman–Crippen MR) is 128 cm³/mol. The molecule has 0 atom stereocenters. The summed E-state index contributed by atoms with van der Waals surface area (Å²) in [6.45, 7) is 12.3. The number of thiazole rings is 1. The van der Waals surface area contributed by atoms with Gasteiger partial charge in [0, 0.05) is 33.9 Å². The third kappa shape index (κ3) is 6.48. The van der Waals surface area contributed by atoms with Gasteiger partial charge in [-0.15, -0.1) is 23.1 Å². The number of ether oxygens (including phenoxy) is 1. The summed E-state index contributed by atoms with van der Waals surface area (Å²) in [5.41, 5.74) is 2.13. The van der Waals surface area contributed by atoms with Crippen LogP contribution in [0.3, 0.4) is 0 Å². The molecule has 30 heavy (non-hydrogen) atoms. The summed E-state index contributed by atoms with van der Waals surface area (Å²) in [6.07, 6.45) is 5.77. The van der Waals surface area contributed by atoms with Gasteiger partial charge in [0.2, 0.25) is 0 Å². The molecule has 1 heterocycles. The zero-order valence-corrected chi connectivity index (χ0v) is 20.6. The van der Waals surface area contributed by atoms with E-state index < -0.39 is 5.60 Å². The smallest absolute Gasteiger partial charge is 0.407 e. The summed E-state index contributed by atoms with van der Waals surface area (Å²) in [4.78, 5) is 19.4. The molecule has 6 heteroatoms. The van der Waals surface area contributed by atoms with Crippen LogP contribution in [-0.4, -0.2) is 28.0 Å². The SMILES string of the molecule is Cc1ccc(-c2cnc([C@H]3CC[C@H](NC(=O)OC(C)(C)C)CC3)s2)c(SC(C)C)c1. The van der Waals surface area contributed by atoms with Gasteiger partial charge in [0.1, 0.15) is 5.60 Å². The number of hydrogen-bond acceptors (Lipinski definition) is 5. The van der Waals surface area contributed by atoms with E-state index >= 15 is 0 Å². The van der Waals surface area contributed by atoms with Crippen molar-refractivity contribution in [3.63, 3.8) is 0 Å². The van der Waals surface area contributed by atoms with Crippen molar-refractivity contribution in [1.29, 1.82) is 0 Å². The van der Waals surface area contributed by atoms with E-state index in [1.807, 2.05) is 50.1 Å². The van der Waals surface area contributed by atoms with Gasteiger partial charge in [0.05, 0.1) is 9.88 Å². The topological polar surface area (TPSA) is 51.2 Å². The van der Waals surface area contributed by atoms with Gasteiger partial charge in [-0.3, -0.25) is 0 Å². The lowest BCUT2D eigenvalue weighted by Crippen LogP contribution is -2.40. The fraction of sp³-hybridized carbons (Fsp3) is 0.583. The second-order valence-electron chi connectivity index (χ2n) is 9.42. The Hall–Kier alpha value is -1.53. The molecule has 0 saturated heterocycles. The number of aryl methyl sites for hydroxylation is 1. The van der Waals surface area contributed by atoms with Crippen LogP contribution >= 0.6 is 23.1 Å². The van der Waals surface area contributed by atoms with Crippen molar-refractivity contribution in [3.8, 4) is 10.4 Å². The van der Waals surface area contributed by atoms with Crippen molar-refractivity contribution < 1.29 is 9.53 Å². The van der Waals surface area contributed by atoms with E-state index in [0.717, 1.165) is 25.7 Å². The lowest BCUT2D eigenvalue weighted by molar-refractivity contribution is 0.0491. The van der Waals surface area contributed by atoms with Gasteiger partial charge in [0.15, 0.2) is 0 Å². The zero-order chi connectivity index (χ0) is 21.9. The fourth-order valence-electron chi connectivity index (χ4n) is 3.74. The molecule has 1 amide bonds. The summed E-state index contributed by atoms with van der Waals surface area (Å²) >= 11 is 3.74. The maximum absolute atomic E-state index is 12.0. The Kier molecular flexibility index (Phi) is 7.51. The van der Waals surface area contributed by atoms with Gasteiger partial charge in [-0.25, -0.2) is 9.78 Å². The number of amides is 1. The number of alkyl carbamates (subject to hydrolysis) is 1. The molecule has 2 aromatic rings. The van der Waals surface area contributed by atoms with Gasteiger partial charge in [-0.2, -0.15) is 0 Å². The summed E-state index contributed by atoms with van der Waals surface area (Å²) in [7, 11) is 0. The second kappa shape index (κ2) is 9.73. The number of rotatable bonds is 5. The number of hydrogen-bond donors (Lipinski definition) is 1. The first-order valence-electron chi connectivity index (χ1n) is 10.8. The number of nitrogens with zero attached hydrogens (tertiary/aromatic N) is 1. The molecule has 3 rings (SSSR count). The normalized spacial score (nSPS) is 19.7. The summed E-state index contributed by atoms with van der Waals surface area (Å²) in [5.74, 6) is 0.479. The third-order valence-electron chi connectivity index (χ3n) is 5.09. The molecule has 0 radical (unpaired) electrons. The number of nitrogens with one attached hydrogen (secondary N) is 1. The fourth-order valence-corrected chi connectivity index (χ4v) is 6.00. The lowest BCUT2D eigenvalue weighted by atomic mass is 9.86. The van der Waals surface area contributed by atoms with E-state index in [9.17, 15) is 4.79 Å². The maximum Gasteiger partial charge on any atom is 0.407 e. The largest absolute Gasteiger partial charge is 0.444 e. The molecule has 1 aromatic carbocycles. The predicted octanol–water partition coefficient (Wildman–Crippen LogP) is 7.17. The average Bonchev–Trinajstić information content (AvgIpc) is 3.10. The number of aromatic nitrogens is 1. The lowest BCUT2D eigenvalue weighted by Gasteiger charge is -2.29. The van der Waals surface area contributed by atoms with E-state index in [1.54, 1.807) is 0 Å². The van der Waals surface area contributed by atoms with E-state index in [2.05, 4.69) is 44.3 Å². The van der Waals surface area contributed by atoms with Crippen LogP contribution in [0.1, 0.15) is 76.8 Å². The Morgan fingerprint density at radius 3 is 2.57 bits per heavy atom. The van der Waals surface area contributed by atoms with Gasteiger partial charge in [0.25, 0.3) is 0 Å². The molecule has 164 valence electrons. The molecule has 1 saturated carbocycles. The number of carbonyl (C=O) groups is 1. The van der Waals surface area contributed by atoms with Crippen molar-refractivity contribution in [1.82, 2.24) is 10.3 Å². The Balaban J connectivity index is 1.62. The van der Waals surface area contributed by atoms with Crippen molar-refractivity contribution in [2.24, 2.45) is 0 Å². The first-order chi connectivity index (χ1) is 14.1. The van der Waals surface area contributed by atoms with Crippen molar-refractivity contribution in [2.45, 2.75) is 94.9 Å². The van der Waals surface area contributed by atoms with E-state index in [4.69, 9.17) is 9.72 Å². The Bertz CT molecular complexity index is 862. The number of carbonyl (C=O) groups excluding carboxylic acids is 1. The highest BCUT2D eigenvalue weighted by Gasteiger charge is 2.27.